The van der Waals surface area contributed by atoms with Crippen molar-refractivity contribution in [1.29, 1.82) is 0 Å². The van der Waals surface area contributed by atoms with E-state index >= 15 is 0 Å². The molecule has 17 heavy (non-hydrogen) atoms. The lowest BCUT2D eigenvalue weighted by atomic mass is 10.1. The van der Waals surface area contributed by atoms with E-state index in [0.717, 1.165) is 19.0 Å². The minimum Gasteiger partial charge on any atom is -0.317 e. The molecule has 0 radical (unpaired) electrons. The van der Waals surface area contributed by atoms with Gasteiger partial charge in [0.2, 0.25) is 0 Å². The molecule has 0 amide bonds. The first-order valence-electron chi connectivity index (χ1n) is 7.11. The highest BCUT2D eigenvalue weighted by Crippen LogP contribution is 2.41. The van der Waals surface area contributed by atoms with Gasteiger partial charge in [-0.2, -0.15) is 5.10 Å². The van der Waals surface area contributed by atoms with Crippen LogP contribution in [0, 0.1) is 6.92 Å². The molecule has 2 heterocycles. The van der Waals surface area contributed by atoms with Crippen LogP contribution < -0.4 is 5.32 Å². The highest BCUT2D eigenvalue weighted by molar-refractivity contribution is 5.23. The summed E-state index contributed by atoms with van der Waals surface area (Å²) in [7, 11) is 0. The van der Waals surface area contributed by atoms with E-state index in [9.17, 15) is 0 Å². The van der Waals surface area contributed by atoms with Crippen LogP contribution in [0.1, 0.15) is 62.7 Å². The normalized spacial score (nSPS) is 20.9. The van der Waals surface area contributed by atoms with Crippen molar-refractivity contribution in [2.75, 3.05) is 13.1 Å². The van der Waals surface area contributed by atoms with Crippen LogP contribution in [0.2, 0.25) is 0 Å². The molecule has 1 aliphatic carbocycles. The van der Waals surface area contributed by atoms with E-state index in [4.69, 9.17) is 5.10 Å². The lowest BCUT2D eigenvalue weighted by molar-refractivity contribution is 0.341. The van der Waals surface area contributed by atoms with Gasteiger partial charge in [-0.05, 0) is 51.3 Å². The second kappa shape index (κ2) is 5.67. The van der Waals surface area contributed by atoms with Crippen LogP contribution in [-0.4, -0.2) is 22.9 Å². The zero-order valence-corrected chi connectivity index (χ0v) is 11.4. The maximum Gasteiger partial charge on any atom is 0.0684 e. The van der Waals surface area contributed by atoms with Crippen LogP contribution in [0.25, 0.3) is 0 Å². The van der Waals surface area contributed by atoms with Gasteiger partial charge in [-0.25, -0.2) is 0 Å². The van der Waals surface area contributed by atoms with Crippen molar-refractivity contribution in [2.24, 2.45) is 0 Å². The second-order valence-electron chi connectivity index (χ2n) is 4.93. The van der Waals surface area contributed by atoms with Crippen molar-refractivity contribution in [3.05, 3.63) is 17.5 Å². The molecule has 0 aromatic carbocycles. The molecule has 3 nitrogen and oxygen atoms in total. The molecule has 3 rings (SSSR count). The van der Waals surface area contributed by atoms with Gasteiger partial charge in [0.15, 0.2) is 0 Å². The highest BCUT2D eigenvalue weighted by Gasteiger charge is 2.29. The van der Waals surface area contributed by atoms with Crippen molar-refractivity contribution in [1.82, 2.24) is 15.1 Å². The summed E-state index contributed by atoms with van der Waals surface area (Å²) in [4.78, 5) is 0. The second-order valence-corrected chi connectivity index (χ2v) is 4.93. The number of hydrogen-bond acceptors (Lipinski definition) is 2. The Morgan fingerprint density at radius 1 is 1.18 bits per heavy atom. The fraction of sp³-hybridized carbons (Fsp3) is 0.786. The highest BCUT2D eigenvalue weighted by atomic mass is 15.3. The quantitative estimate of drug-likeness (QED) is 0.854. The predicted molar refractivity (Wildman–Crippen MR) is 71.4 cm³/mol. The molecule has 0 spiro atoms. The first-order chi connectivity index (χ1) is 8.34. The summed E-state index contributed by atoms with van der Waals surface area (Å²) in [6, 6.07) is 0.637. The third-order valence-corrected chi connectivity index (χ3v) is 3.60. The molecule has 96 valence electrons. The zero-order valence-electron chi connectivity index (χ0n) is 11.4. The van der Waals surface area contributed by atoms with E-state index in [1.54, 1.807) is 0 Å². The Kier molecular flexibility index (Phi) is 4.21. The molecule has 1 N–H and O–H groups in total. The Hall–Kier alpha value is -0.830. The molecule has 1 saturated carbocycles. The lowest BCUT2D eigenvalue weighted by Crippen LogP contribution is -2.29. The largest absolute Gasteiger partial charge is 0.317 e. The van der Waals surface area contributed by atoms with Gasteiger partial charge in [-0.1, -0.05) is 13.8 Å². The first kappa shape index (κ1) is 12.6. The maximum atomic E-state index is 4.78. The van der Waals surface area contributed by atoms with E-state index < -0.39 is 0 Å². The molecular formula is C14H25N3. The summed E-state index contributed by atoms with van der Waals surface area (Å²) in [5.74, 6) is 0.785. The SMILES string of the molecule is CC.Cc1cn(C2CCNCC2)nc1C1CC1. The summed E-state index contributed by atoms with van der Waals surface area (Å²) in [5.41, 5.74) is 2.77. The van der Waals surface area contributed by atoms with E-state index in [-0.39, 0.29) is 0 Å². The average Bonchev–Trinajstić information content (AvgIpc) is 3.16. The Labute approximate surface area is 105 Å². The maximum absolute atomic E-state index is 4.78. The van der Waals surface area contributed by atoms with E-state index in [2.05, 4.69) is 23.1 Å². The summed E-state index contributed by atoms with van der Waals surface area (Å²) in [6.07, 6.45) is 7.41. The third kappa shape index (κ3) is 2.89. The van der Waals surface area contributed by atoms with Gasteiger partial charge < -0.3 is 5.32 Å². The molecule has 2 aliphatic rings. The molecule has 0 bridgehead atoms. The Morgan fingerprint density at radius 3 is 2.41 bits per heavy atom. The number of aryl methyl sites for hydroxylation is 1. The summed E-state index contributed by atoms with van der Waals surface area (Å²) in [5, 5.41) is 8.18. The number of piperidine rings is 1. The van der Waals surface area contributed by atoms with Gasteiger partial charge in [0, 0.05) is 12.1 Å². The van der Waals surface area contributed by atoms with Crippen LogP contribution in [0.15, 0.2) is 6.20 Å². The van der Waals surface area contributed by atoms with Crippen molar-refractivity contribution < 1.29 is 0 Å². The lowest BCUT2D eigenvalue weighted by Gasteiger charge is -2.22. The predicted octanol–water partition coefficient (Wildman–Crippen LogP) is 3.02. The van der Waals surface area contributed by atoms with Crippen LogP contribution in [0.3, 0.4) is 0 Å². The molecule has 1 saturated heterocycles. The van der Waals surface area contributed by atoms with Crippen molar-refractivity contribution in [3.63, 3.8) is 0 Å². The number of nitrogens with one attached hydrogen (secondary N) is 1. The van der Waals surface area contributed by atoms with Gasteiger partial charge >= 0.3 is 0 Å². The van der Waals surface area contributed by atoms with Gasteiger partial charge in [0.05, 0.1) is 11.7 Å². The van der Waals surface area contributed by atoms with Gasteiger partial charge in [-0.3, -0.25) is 4.68 Å². The molecule has 1 aromatic heterocycles. The molecule has 0 unspecified atom stereocenters. The van der Waals surface area contributed by atoms with E-state index in [1.807, 2.05) is 13.8 Å². The molecule has 3 heteroatoms. The van der Waals surface area contributed by atoms with Crippen molar-refractivity contribution in [2.45, 2.75) is 58.4 Å². The molecule has 1 aromatic rings. The zero-order chi connectivity index (χ0) is 12.3. The number of hydrogen-bond donors (Lipinski definition) is 1. The van der Waals surface area contributed by atoms with Crippen LogP contribution in [0.4, 0.5) is 0 Å². The standard InChI is InChI=1S/C12H19N3.C2H6/c1-9-8-15(11-4-6-13-7-5-11)14-12(9)10-2-3-10;1-2/h8,10-11,13H,2-7H2,1H3;1-2H3. The fourth-order valence-corrected chi connectivity index (χ4v) is 2.52. The van der Waals surface area contributed by atoms with E-state index in [1.165, 1.54) is 36.9 Å². The number of aromatic nitrogens is 2. The van der Waals surface area contributed by atoms with Gasteiger partial charge in [0.1, 0.15) is 0 Å². The molecule has 1 aliphatic heterocycles. The van der Waals surface area contributed by atoms with Gasteiger partial charge in [-0.15, -0.1) is 0 Å². The molecule has 2 fully saturated rings. The Bertz CT molecular complexity index is 346. The first-order valence-corrected chi connectivity index (χ1v) is 7.11. The Balaban J connectivity index is 0.000000514. The Morgan fingerprint density at radius 2 is 1.82 bits per heavy atom. The minimum atomic E-state index is 0.637. The van der Waals surface area contributed by atoms with Crippen LogP contribution >= 0.6 is 0 Å². The van der Waals surface area contributed by atoms with Crippen LogP contribution in [0.5, 0.6) is 0 Å². The van der Waals surface area contributed by atoms with Crippen molar-refractivity contribution in [3.8, 4) is 0 Å². The smallest absolute Gasteiger partial charge is 0.0684 e. The van der Waals surface area contributed by atoms with Crippen LogP contribution in [-0.2, 0) is 0 Å². The molecular weight excluding hydrogens is 210 g/mol. The average molecular weight is 235 g/mol. The third-order valence-electron chi connectivity index (χ3n) is 3.60. The minimum absolute atomic E-state index is 0.637. The number of nitrogens with zero attached hydrogens (tertiary/aromatic N) is 2. The number of rotatable bonds is 2. The monoisotopic (exact) mass is 235 g/mol. The molecule has 0 atom stereocenters. The van der Waals surface area contributed by atoms with Crippen molar-refractivity contribution >= 4 is 0 Å². The van der Waals surface area contributed by atoms with Gasteiger partial charge in [0.25, 0.3) is 0 Å². The summed E-state index contributed by atoms with van der Waals surface area (Å²) < 4.78 is 2.23. The topological polar surface area (TPSA) is 29.9 Å². The fourth-order valence-electron chi connectivity index (χ4n) is 2.52. The summed E-state index contributed by atoms with van der Waals surface area (Å²) in [6.45, 7) is 8.49. The van der Waals surface area contributed by atoms with E-state index in [0.29, 0.717) is 6.04 Å². The summed E-state index contributed by atoms with van der Waals surface area (Å²) >= 11 is 0.